The fraction of sp³-hybridized carbons (Fsp3) is 0.150. The van der Waals surface area contributed by atoms with Crippen LogP contribution in [-0.4, -0.2) is 12.3 Å². The first-order chi connectivity index (χ1) is 10.3. The van der Waals surface area contributed by atoms with Crippen molar-refractivity contribution < 1.29 is 0 Å². The van der Waals surface area contributed by atoms with Crippen LogP contribution in [0.3, 0.4) is 0 Å². The van der Waals surface area contributed by atoms with Gasteiger partial charge >= 0.3 is 0 Å². The summed E-state index contributed by atoms with van der Waals surface area (Å²) in [5.74, 6) is 0. The van der Waals surface area contributed by atoms with E-state index < -0.39 is 0 Å². The van der Waals surface area contributed by atoms with Crippen molar-refractivity contribution in [1.82, 2.24) is 0 Å². The van der Waals surface area contributed by atoms with Crippen molar-refractivity contribution in [1.29, 1.82) is 0 Å². The second kappa shape index (κ2) is 4.85. The third kappa shape index (κ3) is 2.06. The first kappa shape index (κ1) is 12.3. The van der Waals surface area contributed by atoms with Gasteiger partial charge in [-0.25, -0.2) is 0 Å². The van der Waals surface area contributed by atoms with Gasteiger partial charge in [0.1, 0.15) is 0 Å². The Kier molecular flexibility index (Phi) is 2.85. The Bertz CT molecular complexity index is 841. The summed E-state index contributed by atoms with van der Waals surface area (Å²) < 4.78 is 0. The van der Waals surface area contributed by atoms with E-state index in [2.05, 4.69) is 67.6 Å². The molecular weight excluding hydrogens is 254 g/mol. The Hall–Kier alpha value is -2.41. The van der Waals surface area contributed by atoms with Crippen LogP contribution in [-0.2, 0) is 6.42 Å². The highest BCUT2D eigenvalue weighted by molar-refractivity contribution is 6.16. The third-order valence-electron chi connectivity index (χ3n) is 4.25. The van der Waals surface area contributed by atoms with Crippen molar-refractivity contribution in [3.05, 3.63) is 82.9 Å². The van der Waals surface area contributed by atoms with Gasteiger partial charge in [-0.3, -0.25) is 4.99 Å². The first-order valence-electron chi connectivity index (χ1n) is 7.45. The van der Waals surface area contributed by atoms with E-state index in [4.69, 9.17) is 4.99 Å². The number of aliphatic imine (C=N–C) groups is 1. The fourth-order valence-electron chi connectivity index (χ4n) is 3.15. The molecule has 21 heavy (non-hydrogen) atoms. The quantitative estimate of drug-likeness (QED) is 0.616. The topological polar surface area (TPSA) is 12.4 Å². The molecule has 0 amide bonds. The Morgan fingerprint density at radius 3 is 2.52 bits per heavy atom. The average molecular weight is 271 g/mol. The molecule has 1 nitrogen and oxygen atoms in total. The van der Waals surface area contributed by atoms with Gasteiger partial charge in [0, 0.05) is 17.7 Å². The van der Waals surface area contributed by atoms with E-state index in [9.17, 15) is 0 Å². The number of nitrogens with zero attached hydrogens (tertiary/aromatic N) is 1. The smallest absolute Gasteiger partial charge is 0.0722 e. The van der Waals surface area contributed by atoms with Crippen LogP contribution in [0, 0.1) is 6.92 Å². The van der Waals surface area contributed by atoms with E-state index in [0.717, 1.165) is 18.7 Å². The molecule has 0 aromatic heterocycles. The normalized spacial score (nSPS) is 13.9. The third-order valence-corrected chi connectivity index (χ3v) is 4.25. The summed E-state index contributed by atoms with van der Waals surface area (Å²) in [6.07, 6.45) is 1.03. The minimum Gasteiger partial charge on any atom is -0.284 e. The second-order valence-electron chi connectivity index (χ2n) is 5.66. The molecule has 0 atom stereocenters. The van der Waals surface area contributed by atoms with Crippen molar-refractivity contribution in [2.24, 2.45) is 4.99 Å². The van der Waals surface area contributed by atoms with Crippen molar-refractivity contribution in [2.45, 2.75) is 13.3 Å². The molecule has 0 spiro atoms. The Labute approximate surface area is 125 Å². The molecule has 1 heterocycles. The summed E-state index contributed by atoms with van der Waals surface area (Å²) in [6, 6.07) is 21.8. The molecule has 3 aromatic carbocycles. The van der Waals surface area contributed by atoms with Gasteiger partial charge in [-0.1, -0.05) is 66.2 Å². The number of aryl methyl sites for hydroxylation is 1. The number of rotatable bonds is 1. The van der Waals surface area contributed by atoms with Crippen molar-refractivity contribution >= 4 is 16.5 Å². The largest absolute Gasteiger partial charge is 0.284 e. The average Bonchev–Trinajstić information content (AvgIpc) is 2.55. The Balaban J connectivity index is 1.92. The van der Waals surface area contributed by atoms with E-state index >= 15 is 0 Å². The van der Waals surface area contributed by atoms with E-state index in [0.29, 0.717) is 0 Å². The van der Waals surface area contributed by atoms with Crippen molar-refractivity contribution in [3.8, 4) is 0 Å². The molecule has 0 radical (unpaired) electrons. The fourth-order valence-corrected chi connectivity index (χ4v) is 3.15. The van der Waals surface area contributed by atoms with E-state index in [1.54, 1.807) is 0 Å². The number of benzene rings is 3. The summed E-state index contributed by atoms with van der Waals surface area (Å²) in [6.45, 7) is 3.00. The van der Waals surface area contributed by atoms with Crippen LogP contribution >= 0.6 is 0 Å². The van der Waals surface area contributed by atoms with E-state index in [1.165, 1.54) is 33.0 Å². The lowest BCUT2D eigenvalue weighted by atomic mass is 9.89. The Morgan fingerprint density at radius 2 is 1.67 bits per heavy atom. The lowest BCUT2D eigenvalue weighted by Crippen LogP contribution is -2.14. The van der Waals surface area contributed by atoms with E-state index in [-0.39, 0.29) is 0 Å². The zero-order chi connectivity index (χ0) is 14.2. The molecule has 0 aliphatic carbocycles. The van der Waals surface area contributed by atoms with Crippen LogP contribution in [0.15, 0.2) is 65.7 Å². The molecule has 4 rings (SSSR count). The summed E-state index contributed by atoms with van der Waals surface area (Å²) in [7, 11) is 0. The van der Waals surface area contributed by atoms with Crippen LogP contribution in [0.1, 0.15) is 22.3 Å². The predicted octanol–water partition coefficient (Wildman–Crippen LogP) is 4.54. The first-order valence-corrected chi connectivity index (χ1v) is 7.45. The van der Waals surface area contributed by atoms with Crippen LogP contribution in [0.25, 0.3) is 10.8 Å². The highest BCUT2D eigenvalue weighted by Gasteiger charge is 2.17. The molecule has 102 valence electrons. The van der Waals surface area contributed by atoms with Gasteiger partial charge < -0.3 is 0 Å². The van der Waals surface area contributed by atoms with E-state index in [1.807, 2.05) is 0 Å². The second-order valence-corrected chi connectivity index (χ2v) is 5.66. The zero-order valence-corrected chi connectivity index (χ0v) is 12.1. The van der Waals surface area contributed by atoms with Gasteiger partial charge in [-0.2, -0.15) is 0 Å². The highest BCUT2D eigenvalue weighted by Crippen LogP contribution is 2.28. The molecule has 0 fully saturated rings. The minimum atomic E-state index is 0.879. The standard InChI is InChI=1S/C20H17N/c1-14-6-8-16(9-7-14)20-19-11-10-15-4-2-3-5-17(15)18(19)12-13-21-20/h2-11H,12-13H2,1H3. The van der Waals surface area contributed by atoms with Gasteiger partial charge in [0.05, 0.1) is 5.71 Å². The monoisotopic (exact) mass is 271 g/mol. The molecule has 0 N–H and O–H groups in total. The van der Waals surface area contributed by atoms with Crippen LogP contribution in [0.2, 0.25) is 0 Å². The molecule has 3 aromatic rings. The molecule has 0 saturated heterocycles. The maximum Gasteiger partial charge on any atom is 0.0722 e. The van der Waals surface area contributed by atoms with Gasteiger partial charge in [0.2, 0.25) is 0 Å². The molecule has 0 bridgehead atoms. The summed E-state index contributed by atoms with van der Waals surface area (Å²) in [4.78, 5) is 4.79. The molecular formula is C20H17N. The number of fused-ring (bicyclic) bond motifs is 3. The SMILES string of the molecule is Cc1ccc(C2=NCCc3c2ccc2ccccc32)cc1. The molecule has 1 aliphatic heterocycles. The minimum absolute atomic E-state index is 0.879. The lowest BCUT2D eigenvalue weighted by molar-refractivity contribution is 0.953. The number of hydrogen-bond donors (Lipinski definition) is 0. The van der Waals surface area contributed by atoms with Crippen molar-refractivity contribution in [3.63, 3.8) is 0 Å². The van der Waals surface area contributed by atoms with Crippen LogP contribution in [0.5, 0.6) is 0 Å². The zero-order valence-electron chi connectivity index (χ0n) is 12.1. The van der Waals surface area contributed by atoms with Crippen molar-refractivity contribution in [2.75, 3.05) is 6.54 Å². The summed E-state index contributed by atoms with van der Waals surface area (Å²) in [5, 5.41) is 2.69. The van der Waals surface area contributed by atoms with Gasteiger partial charge in [-0.15, -0.1) is 0 Å². The lowest BCUT2D eigenvalue weighted by Gasteiger charge is -2.19. The highest BCUT2D eigenvalue weighted by atomic mass is 14.7. The van der Waals surface area contributed by atoms with Gasteiger partial charge in [-0.05, 0) is 29.7 Å². The van der Waals surface area contributed by atoms with Gasteiger partial charge in [0.25, 0.3) is 0 Å². The summed E-state index contributed by atoms with van der Waals surface area (Å²) in [5.41, 5.74) is 6.38. The van der Waals surface area contributed by atoms with Gasteiger partial charge in [0.15, 0.2) is 0 Å². The number of hydrogen-bond acceptors (Lipinski definition) is 1. The molecule has 1 heteroatoms. The van der Waals surface area contributed by atoms with Crippen LogP contribution < -0.4 is 0 Å². The molecule has 1 aliphatic rings. The maximum atomic E-state index is 4.79. The van der Waals surface area contributed by atoms with Crippen LogP contribution in [0.4, 0.5) is 0 Å². The summed E-state index contributed by atoms with van der Waals surface area (Å²) >= 11 is 0. The molecule has 0 saturated carbocycles. The Morgan fingerprint density at radius 1 is 0.857 bits per heavy atom. The predicted molar refractivity (Wildman–Crippen MR) is 89.3 cm³/mol. The maximum absolute atomic E-state index is 4.79. The molecule has 0 unspecified atom stereocenters.